The number of hydrogen-bond donors (Lipinski definition) is 1. The zero-order valence-corrected chi connectivity index (χ0v) is 5.69. The summed E-state index contributed by atoms with van der Waals surface area (Å²) in [6.45, 7) is 0.371. The maximum absolute atomic E-state index is 8.21. The zero-order valence-electron chi connectivity index (χ0n) is 3.98. The fourth-order valence-electron chi connectivity index (χ4n) is 0.209. The van der Waals surface area contributed by atoms with E-state index >= 15 is 0 Å². The molecule has 0 aliphatic heterocycles. The van der Waals surface area contributed by atoms with Crippen molar-refractivity contribution in [3.05, 3.63) is 0 Å². The van der Waals surface area contributed by atoms with Crippen LogP contribution in [0.2, 0.25) is 11.1 Å². The summed E-state index contributed by atoms with van der Waals surface area (Å²) in [4.78, 5) is 0. The summed E-state index contributed by atoms with van der Waals surface area (Å²) in [5, 5.41) is 9.43. The van der Waals surface area contributed by atoms with Crippen LogP contribution in [0.3, 0.4) is 0 Å². The van der Waals surface area contributed by atoms with Gasteiger partial charge in [0.2, 0.25) is 0 Å². The Morgan fingerprint density at radius 3 is 2.50 bits per heavy atom. The van der Waals surface area contributed by atoms with Gasteiger partial charge in [-0.05, 0) is 0 Å². The molecule has 1 N–H and O–H groups in total. The van der Waals surface area contributed by atoms with Crippen LogP contribution in [0.25, 0.3) is 0 Å². The normalized spacial score (nSPS) is 9.00. The maximum atomic E-state index is 8.21. The van der Waals surface area contributed by atoms with Crippen LogP contribution in [0.1, 0.15) is 6.42 Å². The second-order valence-corrected chi connectivity index (χ2v) is 3.14. The van der Waals surface area contributed by atoms with E-state index < -0.39 is 0 Å². The minimum absolute atomic E-state index is 0.371. The first-order valence-corrected chi connectivity index (χ1v) is 4.94. The van der Waals surface area contributed by atoms with Gasteiger partial charge in [-0.1, -0.05) is 0 Å². The first-order valence-electron chi connectivity index (χ1n) is 2.01. The molecule has 0 aromatic heterocycles. The van der Waals surface area contributed by atoms with Gasteiger partial charge in [0.1, 0.15) is 0 Å². The molecule has 0 aromatic rings. The summed E-state index contributed by atoms with van der Waals surface area (Å²) >= 11 is 0.767. The van der Waals surface area contributed by atoms with Crippen molar-refractivity contribution in [2.24, 2.45) is 0 Å². The van der Waals surface area contributed by atoms with Crippen LogP contribution < -0.4 is 0 Å². The second kappa shape index (κ2) is 5.48. The first kappa shape index (κ1) is 6.48. The van der Waals surface area contributed by atoms with Gasteiger partial charge in [0, 0.05) is 0 Å². The van der Waals surface area contributed by atoms with Gasteiger partial charge >= 0.3 is 44.2 Å². The van der Waals surface area contributed by atoms with E-state index in [2.05, 4.69) is 5.82 Å². The van der Waals surface area contributed by atoms with Crippen LogP contribution in [0.15, 0.2) is 0 Å². The van der Waals surface area contributed by atoms with Crippen molar-refractivity contribution in [2.45, 2.75) is 17.6 Å². The summed E-state index contributed by atoms with van der Waals surface area (Å²) in [7, 11) is 0. The standard InChI is InChI=1S/C4H10OSe/c1-6-4-2-3-5/h5H,2-4H2,1H3/i6-4. The monoisotopic (exact) mass is 149 g/mol. The van der Waals surface area contributed by atoms with Crippen LogP contribution in [0.4, 0.5) is 0 Å². The summed E-state index contributed by atoms with van der Waals surface area (Å²) in [6.07, 6.45) is 0.997. The SMILES string of the molecule is C[75Se]CCCO. The number of aliphatic hydroxyl groups excluding tert-OH is 1. The Balaban J connectivity index is 2.34. The molecule has 6 heavy (non-hydrogen) atoms. The van der Waals surface area contributed by atoms with Crippen molar-refractivity contribution in [3.8, 4) is 0 Å². The molecule has 1 nitrogen and oxygen atoms in total. The second-order valence-electron chi connectivity index (χ2n) is 1.07. The molecule has 38 valence electrons. The third-order valence-corrected chi connectivity index (χ3v) is 1.97. The van der Waals surface area contributed by atoms with Gasteiger partial charge in [0.05, 0.1) is 0 Å². The molecule has 0 heterocycles. The molecule has 0 amide bonds. The molecule has 0 aliphatic rings. The predicted molar refractivity (Wildman–Crippen MR) is 28.1 cm³/mol. The molecule has 0 atom stereocenters. The third-order valence-electron chi connectivity index (χ3n) is 0.507. The Bertz CT molecular complexity index is 19.5. The summed E-state index contributed by atoms with van der Waals surface area (Å²) in [6, 6.07) is 0. The van der Waals surface area contributed by atoms with E-state index in [9.17, 15) is 0 Å². The van der Waals surface area contributed by atoms with Crippen LogP contribution in [0, 0.1) is 0 Å². The van der Waals surface area contributed by atoms with Gasteiger partial charge in [-0.2, -0.15) is 0 Å². The van der Waals surface area contributed by atoms with Crippen molar-refractivity contribution in [1.82, 2.24) is 0 Å². The molecule has 0 radical (unpaired) electrons. The zero-order chi connectivity index (χ0) is 4.83. The third kappa shape index (κ3) is 4.48. The van der Waals surface area contributed by atoms with E-state index in [4.69, 9.17) is 5.11 Å². The van der Waals surface area contributed by atoms with Crippen LogP contribution >= 0.6 is 0 Å². The average molecular weight is 149 g/mol. The van der Waals surface area contributed by atoms with E-state index in [1.165, 1.54) is 5.32 Å². The molecule has 0 saturated carbocycles. The van der Waals surface area contributed by atoms with Crippen LogP contribution in [0.5, 0.6) is 0 Å². The molecule has 2 heteroatoms. The van der Waals surface area contributed by atoms with E-state index in [0.717, 1.165) is 21.4 Å². The topological polar surface area (TPSA) is 20.2 Å². The average Bonchev–Trinajstić information content (AvgIpc) is 1.61. The molecule has 0 unspecified atom stereocenters. The molecule has 0 aromatic carbocycles. The number of rotatable bonds is 3. The van der Waals surface area contributed by atoms with Gasteiger partial charge in [0.15, 0.2) is 0 Å². The fraction of sp³-hybridized carbons (Fsp3) is 1.00. The molecule has 0 spiro atoms. The fourth-order valence-corrected chi connectivity index (χ4v) is 1.09. The minimum atomic E-state index is 0.371. The summed E-state index contributed by atoms with van der Waals surface area (Å²) in [5.74, 6) is 2.18. The van der Waals surface area contributed by atoms with Gasteiger partial charge in [-0.25, -0.2) is 0 Å². The summed E-state index contributed by atoms with van der Waals surface area (Å²) < 4.78 is 0. The molecule has 0 bridgehead atoms. The Hall–Kier alpha value is 0.479. The van der Waals surface area contributed by atoms with Crippen LogP contribution in [-0.2, 0) is 0 Å². The Morgan fingerprint density at radius 2 is 2.33 bits per heavy atom. The van der Waals surface area contributed by atoms with Crippen molar-refractivity contribution in [3.63, 3.8) is 0 Å². The molecule has 0 rings (SSSR count). The molecule has 0 fully saturated rings. The molecule has 0 aliphatic carbocycles. The Kier molecular flexibility index (Phi) is 5.92. The van der Waals surface area contributed by atoms with E-state index in [-0.39, 0.29) is 0 Å². The van der Waals surface area contributed by atoms with Crippen molar-refractivity contribution >= 4 is 15.0 Å². The summed E-state index contributed by atoms with van der Waals surface area (Å²) in [5.41, 5.74) is 0. The van der Waals surface area contributed by atoms with E-state index in [1.54, 1.807) is 0 Å². The quantitative estimate of drug-likeness (QED) is 0.458. The van der Waals surface area contributed by atoms with Gasteiger partial charge in [-0.3, -0.25) is 0 Å². The Morgan fingerprint density at radius 1 is 1.67 bits per heavy atom. The van der Waals surface area contributed by atoms with Crippen molar-refractivity contribution < 1.29 is 5.11 Å². The predicted octanol–water partition coefficient (Wildman–Crippen LogP) is 0.539. The number of hydrogen-bond acceptors (Lipinski definition) is 1. The van der Waals surface area contributed by atoms with E-state index in [0.29, 0.717) is 6.61 Å². The van der Waals surface area contributed by atoms with Gasteiger partial charge in [0.25, 0.3) is 0 Å². The van der Waals surface area contributed by atoms with E-state index in [1.807, 2.05) is 0 Å². The molecular weight excluding hydrogens is 139 g/mol. The van der Waals surface area contributed by atoms with Gasteiger partial charge in [-0.15, -0.1) is 0 Å². The number of aliphatic hydroxyl groups is 1. The van der Waals surface area contributed by atoms with Crippen LogP contribution in [-0.4, -0.2) is 26.7 Å². The Labute approximate surface area is 44.9 Å². The first-order chi connectivity index (χ1) is 2.91. The molecule has 0 saturated heterocycles. The van der Waals surface area contributed by atoms with Gasteiger partial charge < -0.3 is 0 Å². The van der Waals surface area contributed by atoms with Crippen molar-refractivity contribution in [2.75, 3.05) is 6.61 Å². The van der Waals surface area contributed by atoms with Crippen molar-refractivity contribution in [1.29, 1.82) is 0 Å². The molecular formula is C4H10OSe.